The van der Waals surface area contributed by atoms with Gasteiger partial charge in [-0.25, -0.2) is 5.43 Å². The van der Waals surface area contributed by atoms with Gasteiger partial charge in [0.1, 0.15) is 6.04 Å². The smallest absolute Gasteiger partial charge is 0.269 e. The minimum absolute atomic E-state index is 0.0688. The predicted octanol–water partition coefficient (Wildman–Crippen LogP) is 3.69. The number of benzene rings is 3. The minimum atomic E-state index is -0.949. The zero-order valence-electron chi connectivity index (χ0n) is 18.8. The number of thioether (sulfide) groups is 1. The van der Waals surface area contributed by atoms with E-state index in [-0.39, 0.29) is 22.7 Å². The van der Waals surface area contributed by atoms with Gasteiger partial charge in [0.05, 0.1) is 16.1 Å². The summed E-state index contributed by atoms with van der Waals surface area (Å²) in [7, 11) is 0. The molecule has 11 nitrogen and oxygen atoms in total. The van der Waals surface area contributed by atoms with Gasteiger partial charge in [0.15, 0.2) is 0 Å². The van der Waals surface area contributed by atoms with Gasteiger partial charge in [0.2, 0.25) is 0 Å². The molecule has 0 spiro atoms. The molecule has 3 aromatic rings. The molecule has 0 heterocycles. The molecule has 0 bridgehead atoms. The fourth-order valence-electron chi connectivity index (χ4n) is 2.96. The SMILES string of the molecule is O=C(N[C@@H](CSCc1ccccc1)C(=O)N/N=C\c1ccc([N+](=O)[O-])cc1)c1ccc([N+](=O)[O-])cc1. The lowest BCUT2D eigenvalue weighted by Gasteiger charge is -2.17. The Morgan fingerprint density at radius 1 is 0.889 bits per heavy atom. The van der Waals surface area contributed by atoms with E-state index in [0.29, 0.717) is 11.3 Å². The largest absolute Gasteiger partial charge is 0.339 e. The zero-order valence-corrected chi connectivity index (χ0v) is 19.6. The Bertz CT molecular complexity index is 1250. The Kier molecular flexibility index (Phi) is 9.23. The fraction of sp³-hybridized carbons (Fsp3) is 0.125. The molecule has 12 heteroatoms. The number of hydrogen-bond donors (Lipinski definition) is 2. The van der Waals surface area contributed by atoms with Crippen LogP contribution >= 0.6 is 11.8 Å². The number of non-ortho nitro benzene ring substituents is 2. The summed E-state index contributed by atoms with van der Waals surface area (Å²) in [5, 5.41) is 28.1. The van der Waals surface area contributed by atoms with Crippen molar-refractivity contribution < 1.29 is 19.4 Å². The van der Waals surface area contributed by atoms with Crippen LogP contribution in [0.3, 0.4) is 0 Å². The van der Waals surface area contributed by atoms with Crippen LogP contribution in [0.4, 0.5) is 11.4 Å². The molecule has 0 aliphatic rings. The standard InChI is InChI=1S/C24H21N5O6S/c30-23(19-8-12-21(13-9-19)29(34)35)26-22(16-36-15-18-4-2-1-3-5-18)24(31)27-25-14-17-6-10-20(11-7-17)28(32)33/h1-14,22H,15-16H2,(H,26,30)(H,27,31)/b25-14-/t22-/m0/s1. The number of carbonyl (C=O) groups excluding carboxylic acids is 2. The van der Waals surface area contributed by atoms with Crippen molar-refractivity contribution in [3.63, 3.8) is 0 Å². The number of hydrogen-bond acceptors (Lipinski definition) is 8. The van der Waals surface area contributed by atoms with Crippen molar-refractivity contribution in [2.24, 2.45) is 5.10 Å². The summed E-state index contributed by atoms with van der Waals surface area (Å²) < 4.78 is 0. The van der Waals surface area contributed by atoms with Crippen LogP contribution in [0.2, 0.25) is 0 Å². The van der Waals surface area contributed by atoms with E-state index in [0.717, 1.165) is 5.56 Å². The van der Waals surface area contributed by atoms with Crippen molar-refractivity contribution in [2.75, 3.05) is 5.75 Å². The molecular weight excluding hydrogens is 486 g/mol. The molecule has 2 N–H and O–H groups in total. The van der Waals surface area contributed by atoms with Crippen molar-refractivity contribution in [3.05, 3.63) is 116 Å². The molecule has 0 aliphatic carbocycles. The maximum atomic E-state index is 12.8. The van der Waals surface area contributed by atoms with Gasteiger partial charge < -0.3 is 5.32 Å². The third-order valence-corrected chi connectivity index (χ3v) is 5.96. The van der Waals surface area contributed by atoms with Gasteiger partial charge in [-0.05, 0) is 35.4 Å². The van der Waals surface area contributed by atoms with Crippen LogP contribution in [0, 0.1) is 20.2 Å². The van der Waals surface area contributed by atoms with E-state index in [2.05, 4.69) is 15.8 Å². The first-order valence-corrected chi connectivity index (χ1v) is 11.7. The second kappa shape index (κ2) is 12.8. The summed E-state index contributed by atoms with van der Waals surface area (Å²) in [6.45, 7) is 0. The lowest BCUT2D eigenvalue weighted by atomic mass is 10.2. The summed E-state index contributed by atoms with van der Waals surface area (Å²) in [5.41, 5.74) is 3.91. The van der Waals surface area contributed by atoms with Gasteiger partial charge in [-0.15, -0.1) is 0 Å². The van der Waals surface area contributed by atoms with Gasteiger partial charge in [-0.2, -0.15) is 16.9 Å². The molecule has 0 saturated carbocycles. The molecule has 0 unspecified atom stereocenters. The number of nitrogens with one attached hydrogen (secondary N) is 2. The van der Waals surface area contributed by atoms with Gasteiger partial charge in [-0.1, -0.05) is 30.3 Å². The maximum absolute atomic E-state index is 12.8. The predicted molar refractivity (Wildman–Crippen MR) is 136 cm³/mol. The summed E-state index contributed by atoms with van der Waals surface area (Å²) in [6.07, 6.45) is 1.33. The Morgan fingerprint density at radius 2 is 1.47 bits per heavy atom. The third kappa shape index (κ3) is 7.74. The van der Waals surface area contributed by atoms with E-state index in [1.54, 1.807) is 0 Å². The highest BCUT2D eigenvalue weighted by Crippen LogP contribution is 2.15. The molecule has 0 aromatic heterocycles. The molecular formula is C24H21N5O6S. The molecule has 3 aromatic carbocycles. The molecule has 3 rings (SSSR count). The molecule has 184 valence electrons. The topological polar surface area (TPSA) is 157 Å². The van der Waals surface area contributed by atoms with Gasteiger partial charge >= 0.3 is 0 Å². The van der Waals surface area contributed by atoms with Crippen LogP contribution in [0.15, 0.2) is 84.0 Å². The van der Waals surface area contributed by atoms with Crippen LogP contribution in [-0.4, -0.2) is 39.7 Å². The molecule has 0 radical (unpaired) electrons. The average molecular weight is 508 g/mol. The second-order valence-electron chi connectivity index (χ2n) is 7.41. The van der Waals surface area contributed by atoms with Crippen molar-refractivity contribution in [1.29, 1.82) is 0 Å². The van der Waals surface area contributed by atoms with Crippen LogP contribution in [0.25, 0.3) is 0 Å². The first kappa shape index (κ1) is 26.0. The van der Waals surface area contributed by atoms with Crippen molar-refractivity contribution in [2.45, 2.75) is 11.8 Å². The van der Waals surface area contributed by atoms with Crippen LogP contribution in [-0.2, 0) is 10.5 Å². The van der Waals surface area contributed by atoms with Gasteiger partial charge in [0, 0.05) is 41.3 Å². The Labute approximate surface area is 209 Å². The lowest BCUT2D eigenvalue weighted by Crippen LogP contribution is -2.47. The maximum Gasteiger partial charge on any atom is 0.269 e. The minimum Gasteiger partial charge on any atom is -0.339 e. The monoisotopic (exact) mass is 507 g/mol. The highest BCUT2D eigenvalue weighted by molar-refractivity contribution is 7.98. The van der Waals surface area contributed by atoms with E-state index in [1.165, 1.54) is 66.5 Å². The number of carbonyl (C=O) groups is 2. The summed E-state index contributed by atoms with van der Waals surface area (Å²) in [6, 6.07) is 19.3. The number of nitro benzene ring substituents is 2. The van der Waals surface area contributed by atoms with Crippen molar-refractivity contribution in [1.82, 2.24) is 10.7 Å². The number of nitrogens with zero attached hydrogens (tertiary/aromatic N) is 3. The normalized spacial score (nSPS) is 11.6. The number of rotatable bonds is 11. The Morgan fingerprint density at radius 3 is 2.06 bits per heavy atom. The van der Waals surface area contributed by atoms with Crippen LogP contribution in [0.5, 0.6) is 0 Å². The van der Waals surface area contributed by atoms with E-state index in [1.807, 2.05) is 30.3 Å². The summed E-state index contributed by atoms with van der Waals surface area (Å²) >= 11 is 1.44. The number of amides is 2. The van der Waals surface area contributed by atoms with Crippen LogP contribution < -0.4 is 10.7 Å². The van der Waals surface area contributed by atoms with E-state index >= 15 is 0 Å². The van der Waals surface area contributed by atoms with E-state index in [4.69, 9.17) is 0 Å². The second-order valence-corrected chi connectivity index (χ2v) is 8.44. The van der Waals surface area contributed by atoms with E-state index in [9.17, 15) is 29.8 Å². The van der Waals surface area contributed by atoms with Crippen LogP contribution in [0.1, 0.15) is 21.5 Å². The van der Waals surface area contributed by atoms with Crippen molar-refractivity contribution >= 4 is 41.2 Å². The molecule has 2 amide bonds. The molecule has 36 heavy (non-hydrogen) atoms. The first-order chi connectivity index (χ1) is 17.3. The third-order valence-electron chi connectivity index (χ3n) is 4.85. The number of hydrazone groups is 1. The Hall–Kier alpha value is -4.58. The molecule has 0 saturated heterocycles. The highest BCUT2D eigenvalue weighted by Gasteiger charge is 2.22. The Balaban J connectivity index is 1.65. The van der Waals surface area contributed by atoms with Crippen molar-refractivity contribution in [3.8, 4) is 0 Å². The average Bonchev–Trinajstić information content (AvgIpc) is 2.89. The molecule has 0 aliphatic heterocycles. The van der Waals surface area contributed by atoms with E-state index < -0.39 is 27.7 Å². The molecule has 0 fully saturated rings. The van der Waals surface area contributed by atoms with Gasteiger partial charge in [0.25, 0.3) is 23.2 Å². The summed E-state index contributed by atoms with van der Waals surface area (Å²) in [4.78, 5) is 46.0. The molecule has 1 atom stereocenters. The lowest BCUT2D eigenvalue weighted by molar-refractivity contribution is -0.385. The number of nitro groups is 2. The van der Waals surface area contributed by atoms with Gasteiger partial charge in [-0.3, -0.25) is 29.8 Å². The summed E-state index contributed by atoms with van der Waals surface area (Å²) in [5.74, 6) is -0.273. The highest BCUT2D eigenvalue weighted by atomic mass is 32.2. The quantitative estimate of drug-likeness (QED) is 0.228. The first-order valence-electron chi connectivity index (χ1n) is 10.6. The fourth-order valence-corrected chi connectivity index (χ4v) is 3.97. The zero-order chi connectivity index (χ0) is 25.9.